The fourth-order valence-electron chi connectivity index (χ4n) is 3.22. The van der Waals surface area contributed by atoms with Crippen molar-refractivity contribution >= 4 is 27.1 Å². The van der Waals surface area contributed by atoms with Crippen LogP contribution in [0.15, 0.2) is 24.3 Å². The van der Waals surface area contributed by atoms with Gasteiger partial charge >= 0.3 is 0 Å². The second-order valence-corrected chi connectivity index (χ2v) is 8.70. The third-order valence-electron chi connectivity index (χ3n) is 4.55. The molecule has 2 aliphatic rings. The number of morpholine rings is 1. The van der Waals surface area contributed by atoms with E-state index in [2.05, 4.69) is 15.5 Å². The molecule has 0 aromatic heterocycles. The molecule has 1 unspecified atom stereocenters. The summed E-state index contributed by atoms with van der Waals surface area (Å²) in [6.07, 6.45) is 0.942. The summed E-state index contributed by atoms with van der Waals surface area (Å²) in [5, 5.41) is 6.13. The van der Waals surface area contributed by atoms with Crippen LogP contribution in [0.1, 0.15) is 12.8 Å². The maximum absolute atomic E-state index is 12.2. The Bertz CT molecular complexity index is 702. The van der Waals surface area contributed by atoms with Gasteiger partial charge in [-0.3, -0.25) is 4.79 Å². The molecule has 25 heavy (non-hydrogen) atoms. The quantitative estimate of drug-likeness (QED) is 0.767. The molecule has 7 nitrogen and oxygen atoms in total. The third kappa shape index (κ3) is 5.17. The van der Waals surface area contributed by atoms with Crippen molar-refractivity contribution in [1.82, 2.24) is 5.32 Å². The highest BCUT2D eigenvalue weighted by Gasteiger charge is 2.27. The summed E-state index contributed by atoms with van der Waals surface area (Å²) in [4.78, 5) is 14.4. The SMILES string of the molecule is O=C(CCNC1CCS(=O)(=O)C1)Nc1ccccc1N1CCOCC1. The maximum Gasteiger partial charge on any atom is 0.225 e. The van der Waals surface area contributed by atoms with Crippen molar-refractivity contribution in [3.8, 4) is 0 Å². The average Bonchev–Trinajstić information content (AvgIpc) is 2.95. The number of nitrogens with one attached hydrogen (secondary N) is 2. The van der Waals surface area contributed by atoms with E-state index in [9.17, 15) is 13.2 Å². The summed E-state index contributed by atoms with van der Waals surface area (Å²) in [6.45, 7) is 3.48. The van der Waals surface area contributed by atoms with E-state index in [0.29, 0.717) is 32.6 Å². The van der Waals surface area contributed by atoms with Crippen molar-refractivity contribution in [2.24, 2.45) is 0 Å². The van der Waals surface area contributed by atoms with Crippen LogP contribution < -0.4 is 15.5 Å². The Morgan fingerprint density at radius 3 is 2.72 bits per heavy atom. The van der Waals surface area contributed by atoms with Gasteiger partial charge < -0.3 is 20.3 Å². The van der Waals surface area contributed by atoms with Gasteiger partial charge in [0.25, 0.3) is 0 Å². The van der Waals surface area contributed by atoms with E-state index in [1.807, 2.05) is 24.3 Å². The molecule has 2 fully saturated rings. The predicted molar refractivity (Wildman–Crippen MR) is 97.8 cm³/mol. The summed E-state index contributed by atoms with van der Waals surface area (Å²) in [5.74, 6) is 0.340. The van der Waals surface area contributed by atoms with Crippen LogP contribution in [0.2, 0.25) is 0 Å². The fraction of sp³-hybridized carbons (Fsp3) is 0.588. The van der Waals surface area contributed by atoms with Gasteiger partial charge in [-0.2, -0.15) is 0 Å². The highest BCUT2D eigenvalue weighted by atomic mass is 32.2. The van der Waals surface area contributed by atoms with Crippen molar-refractivity contribution in [1.29, 1.82) is 0 Å². The molecule has 138 valence electrons. The monoisotopic (exact) mass is 367 g/mol. The first-order valence-corrected chi connectivity index (χ1v) is 10.5. The fourth-order valence-corrected chi connectivity index (χ4v) is 4.93. The highest BCUT2D eigenvalue weighted by molar-refractivity contribution is 7.91. The zero-order valence-electron chi connectivity index (χ0n) is 14.2. The van der Waals surface area contributed by atoms with Crippen molar-refractivity contribution in [2.75, 3.05) is 54.6 Å². The van der Waals surface area contributed by atoms with Gasteiger partial charge in [0.2, 0.25) is 5.91 Å². The first-order valence-electron chi connectivity index (χ1n) is 8.69. The first kappa shape index (κ1) is 18.2. The smallest absolute Gasteiger partial charge is 0.225 e. The molecule has 1 atom stereocenters. The van der Waals surface area contributed by atoms with E-state index in [4.69, 9.17) is 4.74 Å². The molecule has 1 aromatic rings. The number of amides is 1. The number of hydrogen-bond acceptors (Lipinski definition) is 6. The van der Waals surface area contributed by atoms with Gasteiger partial charge in [-0.15, -0.1) is 0 Å². The van der Waals surface area contributed by atoms with Crippen LogP contribution in [0, 0.1) is 0 Å². The lowest BCUT2D eigenvalue weighted by Gasteiger charge is -2.30. The van der Waals surface area contributed by atoms with E-state index >= 15 is 0 Å². The van der Waals surface area contributed by atoms with Crippen LogP contribution in [0.25, 0.3) is 0 Å². The van der Waals surface area contributed by atoms with E-state index in [0.717, 1.165) is 24.5 Å². The number of para-hydroxylation sites is 2. The molecule has 8 heteroatoms. The number of sulfone groups is 1. The summed E-state index contributed by atoms with van der Waals surface area (Å²) in [7, 11) is -2.89. The van der Waals surface area contributed by atoms with Gasteiger partial charge in [0.15, 0.2) is 9.84 Å². The average molecular weight is 367 g/mol. The second-order valence-electron chi connectivity index (χ2n) is 6.47. The Labute approximate surface area is 148 Å². The zero-order chi connectivity index (χ0) is 17.7. The molecule has 2 aliphatic heterocycles. The minimum atomic E-state index is -2.89. The molecule has 0 bridgehead atoms. The number of ether oxygens (including phenoxy) is 1. The largest absolute Gasteiger partial charge is 0.378 e. The second kappa shape index (κ2) is 8.16. The number of carbonyl (C=O) groups is 1. The minimum absolute atomic E-state index is 0.0292. The molecular formula is C17H25N3O4S. The molecular weight excluding hydrogens is 342 g/mol. The number of rotatable bonds is 6. The minimum Gasteiger partial charge on any atom is -0.378 e. The molecule has 2 saturated heterocycles. The Hall–Kier alpha value is -1.64. The number of nitrogens with zero attached hydrogens (tertiary/aromatic N) is 1. The lowest BCUT2D eigenvalue weighted by molar-refractivity contribution is -0.116. The van der Waals surface area contributed by atoms with Crippen molar-refractivity contribution in [2.45, 2.75) is 18.9 Å². The third-order valence-corrected chi connectivity index (χ3v) is 6.32. The Morgan fingerprint density at radius 1 is 1.24 bits per heavy atom. The molecule has 0 radical (unpaired) electrons. The predicted octanol–water partition coefficient (Wildman–Crippen LogP) is 0.629. The lowest BCUT2D eigenvalue weighted by Crippen LogP contribution is -2.37. The number of carbonyl (C=O) groups excluding carboxylic acids is 1. The lowest BCUT2D eigenvalue weighted by atomic mass is 10.2. The van der Waals surface area contributed by atoms with Crippen molar-refractivity contribution < 1.29 is 17.9 Å². The Balaban J connectivity index is 1.49. The number of anilines is 2. The first-order chi connectivity index (χ1) is 12.0. The van der Waals surface area contributed by atoms with Crippen molar-refractivity contribution in [3.05, 3.63) is 24.3 Å². The van der Waals surface area contributed by atoms with Crippen LogP contribution in [0.4, 0.5) is 11.4 Å². The normalized spacial score (nSPS) is 22.7. The standard InChI is InChI=1S/C17H25N3O4S/c21-17(5-7-18-14-6-12-25(22,23)13-14)19-15-3-1-2-4-16(15)20-8-10-24-11-9-20/h1-4,14,18H,5-13H2,(H,19,21). The Kier molecular flexibility index (Phi) is 5.93. The maximum atomic E-state index is 12.2. The van der Waals surface area contributed by atoms with Crippen LogP contribution in [-0.2, 0) is 19.4 Å². The van der Waals surface area contributed by atoms with Gasteiger partial charge in [0.05, 0.1) is 36.1 Å². The van der Waals surface area contributed by atoms with Crippen molar-refractivity contribution in [3.63, 3.8) is 0 Å². The van der Waals surface area contributed by atoms with Crippen LogP contribution in [-0.4, -0.2) is 64.7 Å². The summed E-state index contributed by atoms with van der Waals surface area (Å²) in [6, 6.07) is 7.74. The molecule has 2 N–H and O–H groups in total. The van der Waals surface area contributed by atoms with Gasteiger partial charge in [0, 0.05) is 32.1 Å². The zero-order valence-corrected chi connectivity index (χ0v) is 15.1. The molecule has 3 rings (SSSR count). The molecule has 1 amide bonds. The molecule has 1 aromatic carbocycles. The molecule has 0 saturated carbocycles. The summed E-state index contributed by atoms with van der Waals surface area (Å²) in [5.41, 5.74) is 1.81. The van der Waals surface area contributed by atoms with E-state index in [1.165, 1.54) is 0 Å². The summed E-state index contributed by atoms with van der Waals surface area (Å²) < 4.78 is 28.2. The number of hydrogen-bond donors (Lipinski definition) is 2. The topological polar surface area (TPSA) is 87.7 Å². The van der Waals surface area contributed by atoms with Crippen LogP contribution in [0.5, 0.6) is 0 Å². The van der Waals surface area contributed by atoms with Crippen LogP contribution >= 0.6 is 0 Å². The summed E-state index contributed by atoms with van der Waals surface area (Å²) >= 11 is 0. The van der Waals surface area contributed by atoms with Gasteiger partial charge in [-0.1, -0.05) is 12.1 Å². The van der Waals surface area contributed by atoms with E-state index in [1.54, 1.807) is 0 Å². The Morgan fingerprint density at radius 2 is 2.00 bits per heavy atom. The van der Waals surface area contributed by atoms with Gasteiger partial charge in [-0.05, 0) is 18.6 Å². The number of benzene rings is 1. The molecule has 2 heterocycles. The molecule has 0 aliphatic carbocycles. The van der Waals surface area contributed by atoms with E-state index in [-0.39, 0.29) is 23.5 Å². The van der Waals surface area contributed by atoms with Crippen LogP contribution in [0.3, 0.4) is 0 Å². The van der Waals surface area contributed by atoms with Gasteiger partial charge in [-0.25, -0.2) is 8.42 Å². The van der Waals surface area contributed by atoms with Gasteiger partial charge in [0.1, 0.15) is 0 Å². The van der Waals surface area contributed by atoms with E-state index < -0.39 is 9.84 Å². The molecule has 0 spiro atoms. The highest BCUT2D eigenvalue weighted by Crippen LogP contribution is 2.26.